The molecule has 0 aliphatic heterocycles. The maximum atomic E-state index is 11.8. The maximum Gasteiger partial charge on any atom is 0.244 e. The van der Waals surface area contributed by atoms with Gasteiger partial charge >= 0.3 is 0 Å². The molecule has 6 heteroatoms. The van der Waals surface area contributed by atoms with Crippen molar-refractivity contribution in [3.8, 4) is 0 Å². The first kappa shape index (κ1) is 15.7. The number of carbonyl (C=O) groups excluding carboxylic acids is 1. The monoisotopic (exact) mass is 306 g/mol. The number of nitrogens with zero attached hydrogens (tertiary/aromatic N) is 3. The SMILES string of the molecule is CCN(CC)CCCNC(=O)/C=C/c1cnc2sccn12. The van der Waals surface area contributed by atoms with Crippen LogP contribution in [0.5, 0.6) is 0 Å². The molecule has 5 nitrogen and oxygen atoms in total. The Morgan fingerprint density at radius 3 is 3.05 bits per heavy atom. The molecule has 0 spiro atoms. The van der Waals surface area contributed by atoms with Gasteiger partial charge in [-0.3, -0.25) is 9.20 Å². The van der Waals surface area contributed by atoms with E-state index in [0.29, 0.717) is 6.54 Å². The van der Waals surface area contributed by atoms with E-state index in [-0.39, 0.29) is 5.91 Å². The summed E-state index contributed by atoms with van der Waals surface area (Å²) in [5.41, 5.74) is 0.921. The molecule has 1 N–H and O–H groups in total. The van der Waals surface area contributed by atoms with E-state index >= 15 is 0 Å². The van der Waals surface area contributed by atoms with Crippen LogP contribution in [0.4, 0.5) is 0 Å². The number of hydrogen-bond acceptors (Lipinski definition) is 4. The summed E-state index contributed by atoms with van der Waals surface area (Å²) >= 11 is 1.58. The standard InChI is InChI=1S/C15H22N4OS/c1-3-18(4-2)9-5-8-16-14(20)7-6-13-12-17-15-19(13)10-11-21-15/h6-7,10-12H,3-5,8-9H2,1-2H3,(H,16,20)/b7-6+. The lowest BCUT2D eigenvalue weighted by molar-refractivity contribution is -0.116. The highest BCUT2D eigenvalue weighted by Gasteiger charge is 2.02. The minimum Gasteiger partial charge on any atom is -0.353 e. The highest BCUT2D eigenvalue weighted by molar-refractivity contribution is 7.15. The van der Waals surface area contributed by atoms with Gasteiger partial charge in [-0.2, -0.15) is 0 Å². The summed E-state index contributed by atoms with van der Waals surface area (Å²) in [5, 5.41) is 4.89. The first-order chi connectivity index (χ1) is 10.2. The van der Waals surface area contributed by atoms with Crippen LogP contribution < -0.4 is 5.32 Å². The van der Waals surface area contributed by atoms with Crippen molar-refractivity contribution in [1.82, 2.24) is 19.6 Å². The van der Waals surface area contributed by atoms with Crippen LogP contribution in [0.15, 0.2) is 23.8 Å². The molecule has 0 saturated carbocycles. The summed E-state index contributed by atoms with van der Waals surface area (Å²) < 4.78 is 1.97. The Labute approximate surface area is 129 Å². The smallest absolute Gasteiger partial charge is 0.244 e. The van der Waals surface area contributed by atoms with Crippen LogP contribution in [0.1, 0.15) is 26.0 Å². The summed E-state index contributed by atoms with van der Waals surface area (Å²) in [7, 11) is 0. The molecule has 0 radical (unpaired) electrons. The number of hydrogen-bond donors (Lipinski definition) is 1. The quantitative estimate of drug-likeness (QED) is 0.601. The zero-order valence-electron chi connectivity index (χ0n) is 12.6. The Bertz CT molecular complexity index is 598. The van der Waals surface area contributed by atoms with Crippen molar-refractivity contribution in [2.24, 2.45) is 0 Å². The third kappa shape index (κ3) is 4.41. The van der Waals surface area contributed by atoms with Gasteiger partial charge in [0.15, 0.2) is 4.96 Å². The van der Waals surface area contributed by atoms with Crippen LogP contribution in [0.3, 0.4) is 0 Å². The average Bonchev–Trinajstić information content (AvgIpc) is 3.09. The molecule has 1 amide bonds. The van der Waals surface area contributed by atoms with Crippen molar-refractivity contribution in [2.75, 3.05) is 26.2 Å². The van der Waals surface area contributed by atoms with Crippen molar-refractivity contribution in [3.05, 3.63) is 29.5 Å². The van der Waals surface area contributed by atoms with Crippen LogP contribution in [0, 0.1) is 0 Å². The van der Waals surface area contributed by atoms with Crippen LogP contribution in [0.25, 0.3) is 11.0 Å². The Balaban J connectivity index is 1.74. The van der Waals surface area contributed by atoms with Gasteiger partial charge in [-0.15, -0.1) is 11.3 Å². The molecule has 2 rings (SSSR count). The Morgan fingerprint density at radius 2 is 2.29 bits per heavy atom. The zero-order valence-corrected chi connectivity index (χ0v) is 13.4. The number of fused-ring (bicyclic) bond motifs is 1. The highest BCUT2D eigenvalue weighted by atomic mass is 32.1. The molecule has 2 heterocycles. The average molecular weight is 306 g/mol. The highest BCUT2D eigenvalue weighted by Crippen LogP contribution is 2.13. The summed E-state index contributed by atoms with van der Waals surface area (Å²) in [4.78, 5) is 19.3. The largest absolute Gasteiger partial charge is 0.353 e. The third-order valence-electron chi connectivity index (χ3n) is 3.43. The van der Waals surface area contributed by atoms with Crippen molar-refractivity contribution in [1.29, 1.82) is 0 Å². The summed E-state index contributed by atoms with van der Waals surface area (Å²) in [5.74, 6) is -0.0558. The van der Waals surface area contributed by atoms with Crippen LogP contribution in [-0.4, -0.2) is 46.4 Å². The third-order valence-corrected chi connectivity index (χ3v) is 4.20. The van der Waals surface area contributed by atoms with Gasteiger partial charge in [0, 0.05) is 24.2 Å². The molecule has 0 bridgehead atoms. The van der Waals surface area contributed by atoms with E-state index < -0.39 is 0 Å². The van der Waals surface area contributed by atoms with Gasteiger partial charge in [0.25, 0.3) is 0 Å². The van der Waals surface area contributed by atoms with Crippen molar-refractivity contribution in [3.63, 3.8) is 0 Å². The van der Waals surface area contributed by atoms with Crippen molar-refractivity contribution < 1.29 is 4.79 Å². The van der Waals surface area contributed by atoms with E-state index in [1.54, 1.807) is 29.7 Å². The number of thiazole rings is 1. The number of carbonyl (C=O) groups is 1. The number of amides is 1. The molecule has 0 aliphatic carbocycles. The molecule has 0 saturated heterocycles. The molecule has 21 heavy (non-hydrogen) atoms. The normalized spacial score (nSPS) is 11.8. The van der Waals surface area contributed by atoms with E-state index in [1.165, 1.54) is 0 Å². The van der Waals surface area contributed by atoms with Crippen LogP contribution in [-0.2, 0) is 4.79 Å². The van der Waals surface area contributed by atoms with Gasteiger partial charge in [-0.1, -0.05) is 13.8 Å². The number of aromatic nitrogens is 2. The number of rotatable bonds is 8. The molecule has 0 unspecified atom stereocenters. The fourth-order valence-electron chi connectivity index (χ4n) is 2.14. The van der Waals surface area contributed by atoms with Gasteiger partial charge < -0.3 is 10.2 Å². The molecule has 0 fully saturated rings. The van der Waals surface area contributed by atoms with Gasteiger partial charge in [0.1, 0.15) is 0 Å². The lowest BCUT2D eigenvalue weighted by atomic mass is 10.3. The Kier molecular flexibility index (Phi) is 5.95. The second-order valence-corrected chi connectivity index (χ2v) is 5.62. The van der Waals surface area contributed by atoms with Gasteiger partial charge in [-0.25, -0.2) is 4.98 Å². The summed E-state index contributed by atoms with van der Waals surface area (Å²) in [6.07, 6.45) is 8.07. The first-order valence-electron chi connectivity index (χ1n) is 7.33. The Hall–Kier alpha value is -1.66. The van der Waals surface area contributed by atoms with Crippen LogP contribution >= 0.6 is 11.3 Å². The minimum absolute atomic E-state index is 0.0558. The van der Waals surface area contributed by atoms with E-state index in [2.05, 4.69) is 29.0 Å². The minimum atomic E-state index is -0.0558. The van der Waals surface area contributed by atoms with Crippen LogP contribution in [0.2, 0.25) is 0 Å². The number of imidazole rings is 1. The van der Waals surface area contributed by atoms with Crippen molar-refractivity contribution in [2.45, 2.75) is 20.3 Å². The van der Waals surface area contributed by atoms with Gasteiger partial charge in [0.2, 0.25) is 5.91 Å². The maximum absolute atomic E-state index is 11.8. The van der Waals surface area contributed by atoms with E-state index in [9.17, 15) is 4.79 Å². The zero-order chi connectivity index (χ0) is 15.1. The molecule has 0 aliphatic rings. The molecule has 2 aromatic heterocycles. The number of nitrogens with one attached hydrogen (secondary N) is 1. The second-order valence-electron chi connectivity index (χ2n) is 4.74. The fraction of sp³-hybridized carbons (Fsp3) is 0.467. The van der Waals surface area contributed by atoms with Gasteiger partial charge in [-0.05, 0) is 32.1 Å². The molecule has 114 valence electrons. The van der Waals surface area contributed by atoms with Crippen molar-refractivity contribution >= 4 is 28.3 Å². The topological polar surface area (TPSA) is 49.6 Å². The second kappa shape index (κ2) is 7.95. The first-order valence-corrected chi connectivity index (χ1v) is 8.21. The molecule has 0 atom stereocenters. The summed E-state index contributed by atoms with van der Waals surface area (Å²) in [6.45, 7) is 8.16. The lowest BCUT2D eigenvalue weighted by Crippen LogP contribution is -2.29. The van der Waals surface area contributed by atoms with E-state index in [0.717, 1.165) is 36.7 Å². The predicted molar refractivity (Wildman–Crippen MR) is 87.5 cm³/mol. The molecule has 0 aromatic carbocycles. The lowest BCUT2D eigenvalue weighted by Gasteiger charge is -2.17. The van der Waals surface area contributed by atoms with E-state index in [4.69, 9.17) is 0 Å². The fourth-order valence-corrected chi connectivity index (χ4v) is 2.84. The van der Waals surface area contributed by atoms with Gasteiger partial charge in [0.05, 0.1) is 11.9 Å². The summed E-state index contributed by atoms with van der Waals surface area (Å²) in [6, 6.07) is 0. The molecular formula is C15H22N4OS. The predicted octanol–water partition coefficient (Wildman–Crippen LogP) is 2.26. The molecular weight excluding hydrogens is 284 g/mol. The van der Waals surface area contributed by atoms with E-state index in [1.807, 2.05) is 16.0 Å². The molecule has 2 aromatic rings. The Morgan fingerprint density at radius 1 is 1.48 bits per heavy atom.